The summed E-state index contributed by atoms with van der Waals surface area (Å²) < 4.78 is 22.7. The summed E-state index contributed by atoms with van der Waals surface area (Å²) in [5.41, 5.74) is 9.13. The van der Waals surface area contributed by atoms with Crippen molar-refractivity contribution in [1.82, 2.24) is 13.7 Å². The van der Waals surface area contributed by atoms with Crippen LogP contribution in [-0.2, 0) is 0 Å². The van der Waals surface area contributed by atoms with Gasteiger partial charge in [-0.25, -0.2) is 4.39 Å². The van der Waals surface area contributed by atoms with Crippen LogP contribution in [0.3, 0.4) is 0 Å². The van der Waals surface area contributed by atoms with E-state index in [1.54, 1.807) is 12.1 Å². The van der Waals surface area contributed by atoms with Crippen LogP contribution in [0.25, 0.3) is 82.5 Å². The van der Waals surface area contributed by atoms with E-state index in [-0.39, 0.29) is 5.82 Å². The fourth-order valence-corrected chi connectivity index (χ4v) is 7.67. The van der Waals surface area contributed by atoms with E-state index in [4.69, 9.17) is 0 Å². The topological polar surface area (TPSA) is 14.8 Å². The fraction of sp³-hybridized carbons (Fsp3) is 0. The Morgan fingerprint density at radius 3 is 1.26 bits per heavy atom. The second-order valence-electron chi connectivity index (χ2n) is 11.9. The molecule has 3 nitrogen and oxygen atoms in total. The van der Waals surface area contributed by atoms with E-state index < -0.39 is 0 Å². The first-order valence-electron chi connectivity index (χ1n) is 15.6. The van der Waals surface area contributed by atoms with Crippen molar-refractivity contribution in [1.29, 1.82) is 0 Å². The number of halogens is 1. The number of nitrogens with zero attached hydrogens (tertiary/aromatic N) is 3. The number of fused-ring (bicyclic) bond motifs is 11. The molecule has 216 valence electrons. The molecule has 10 aromatic rings. The predicted molar refractivity (Wildman–Crippen MR) is 189 cm³/mol. The van der Waals surface area contributed by atoms with Crippen molar-refractivity contribution >= 4 is 65.4 Å². The lowest BCUT2D eigenvalue weighted by molar-refractivity contribution is 0.621. The Morgan fingerprint density at radius 2 is 0.761 bits per heavy atom. The Balaban J connectivity index is 1.55. The molecular formula is C42H26FN3. The Morgan fingerprint density at radius 1 is 0.326 bits per heavy atom. The first-order valence-corrected chi connectivity index (χ1v) is 15.6. The quantitative estimate of drug-likeness (QED) is 0.194. The number of hydrogen-bond acceptors (Lipinski definition) is 0. The first kappa shape index (κ1) is 25.2. The van der Waals surface area contributed by atoms with E-state index in [9.17, 15) is 0 Å². The summed E-state index contributed by atoms with van der Waals surface area (Å²) in [6.45, 7) is 0. The van der Waals surface area contributed by atoms with Crippen LogP contribution in [-0.4, -0.2) is 13.7 Å². The summed E-state index contributed by atoms with van der Waals surface area (Å²) in [6.07, 6.45) is 0. The molecule has 0 N–H and O–H groups in total. The van der Waals surface area contributed by atoms with Gasteiger partial charge in [0, 0.05) is 43.7 Å². The molecule has 0 bridgehead atoms. The highest BCUT2D eigenvalue weighted by Gasteiger charge is 2.25. The van der Waals surface area contributed by atoms with Gasteiger partial charge in [-0.3, -0.25) is 0 Å². The van der Waals surface area contributed by atoms with Crippen LogP contribution < -0.4 is 0 Å². The normalized spacial score (nSPS) is 12.0. The van der Waals surface area contributed by atoms with Gasteiger partial charge in [-0.2, -0.15) is 0 Å². The highest BCUT2D eigenvalue weighted by molar-refractivity contribution is 6.33. The third-order valence-electron chi connectivity index (χ3n) is 9.48. The third-order valence-corrected chi connectivity index (χ3v) is 9.48. The third kappa shape index (κ3) is 3.30. The SMILES string of the molecule is Fc1ccccc1-n1c2ccc3c4ccccc4n(-c4ccccc4)c3c2c2c1ccc1c3ccccc3n(-c3ccccc3)c12. The minimum absolute atomic E-state index is 0.256. The molecule has 3 aromatic heterocycles. The van der Waals surface area contributed by atoms with Gasteiger partial charge in [-0.15, -0.1) is 0 Å². The summed E-state index contributed by atoms with van der Waals surface area (Å²) in [6, 6.07) is 54.2. The van der Waals surface area contributed by atoms with Crippen LogP contribution >= 0.6 is 0 Å². The maximum Gasteiger partial charge on any atom is 0.147 e. The Hall–Kier alpha value is -6.13. The zero-order valence-corrected chi connectivity index (χ0v) is 24.7. The van der Waals surface area contributed by atoms with Crippen molar-refractivity contribution in [2.45, 2.75) is 0 Å². The van der Waals surface area contributed by atoms with E-state index >= 15 is 4.39 Å². The molecule has 0 aliphatic heterocycles. The van der Waals surface area contributed by atoms with Crippen molar-refractivity contribution in [3.05, 3.63) is 164 Å². The van der Waals surface area contributed by atoms with Crippen molar-refractivity contribution in [2.75, 3.05) is 0 Å². The molecule has 0 aliphatic carbocycles. The van der Waals surface area contributed by atoms with Crippen LogP contribution in [0, 0.1) is 5.82 Å². The van der Waals surface area contributed by atoms with Gasteiger partial charge in [-0.05, 0) is 60.7 Å². The van der Waals surface area contributed by atoms with Gasteiger partial charge in [0.15, 0.2) is 0 Å². The molecular weight excluding hydrogens is 565 g/mol. The highest BCUT2D eigenvalue weighted by Crippen LogP contribution is 2.46. The van der Waals surface area contributed by atoms with E-state index in [2.05, 4.69) is 147 Å². The van der Waals surface area contributed by atoms with Gasteiger partial charge >= 0.3 is 0 Å². The summed E-state index contributed by atoms with van der Waals surface area (Å²) >= 11 is 0. The largest absolute Gasteiger partial charge is 0.309 e. The number of benzene rings is 7. The minimum atomic E-state index is -0.256. The molecule has 0 saturated carbocycles. The van der Waals surface area contributed by atoms with Crippen LogP contribution in [0.4, 0.5) is 4.39 Å². The van der Waals surface area contributed by atoms with Gasteiger partial charge in [0.25, 0.3) is 0 Å². The summed E-state index contributed by atoms with van der Waals surface area (Å²) in [5, 5.41) is 6.90. The molecule has 0 aliphatic rings. The van der Waals surface area contributed by atoms with E-state index in [0.29, 0.717) is 5.69 Å². The second kappa shape index (κ2) is 9.43. The molecule has 0 amide bonds. The van der Waals surface area contributed by atoms with Gasteiger partial charge in [0.1, 0.15) is 5.82 Å². The summed E-state index contributed by atoms with van der Waals surface area (Å²) in [4.78, 5) is 0. The fourth-order valence-electron chi connectivity index (χ4n) is 7.67. The molecule has 0 radical (unpaired) electrons. The average molecular weight is 592 g/mol. The average Bonchev–Trinajstić information content (AvgIpc) is 3.75. The molecule has 4 heteroatoms. The van der Waals surface area contributed by atoms with Crippen LogP contribution in [0.15, 0.2) is 158 Å². The number of rotatable bonds is 3. The lowest BCUT2D eigenvalue weighted by atomic mass is 10.0. The molecule has 10 rings (SSSR count). The Labute approximate surface area is 263 Å². The van der Waals surface area contributed by atoms with Crippen LogP contribution in [0.2, 0.25) is 0 Å². The molecule has 0 fully saturated rings. The van der Waals surface area contributed by atoms with Crippen molar-refractivity contribution in [2.24, 2.45) is 0 Å². The zero-order chi connectivity index (χ0) is 30.4. The predicted octanol–water partition coefficient (Wildman–Crippen LogP) is 11.1. The molecule has 0 atom stereocenters. The molecule has 0 spiro atoms. The van der Waals surface area contributed by atoms with Gasteiger partial charge in [0.05, 0.1) is 38.8 Å². The monoisotopic (exact) mass is 591 g/mol. The Bertz CT molecular complexity index is 2630. The zero-order valence-electron chi connectivity index (χ0n) is 24.7. The number of aromatic nitrogens is 3. The molecule has 46 heavy (non-hydrogen) atoms. The first-order chi connectivity index (χ1) is 22.8. The molecule has 3 heterocycles. The van der Waals surface area contributed by atoms with Crippen molar-refractivity contribution in [3.63, 3.8) is 0 Å². The smallest absolute Gasteiger partial charge is 0.147 e. The van der Waals surface area contributed by atoms with E-state index in [1.165, 1.54) is 21.5 Å². The lowest BCUT2D eigenvalue weighted by Crippen LogP contribution is -1.97. The lowest BCUT2D eigenvalue weighted by Gasteiger charge is -2.11. The maximum absolute atomic E-state index is 15.8. The van der Waals surface area contributed by atoms with Crippen molar-refractivity contribution in [3.8, 4) is 17.1 Å². The Kier molecular flexibility index (Phi) is 5.17. The second-order valence-corrected chi connectivity index (χ2v) is 11.9. The summed E-state index contributed by atoms with van der Waals surface area (Å²) in [7, 11) is 0. The van der Waals surface area contributed by atoms with Gasteiger partial charge in [-0.1, -0.05) is 97.1 Å². The molecule has 0 unspecified atom stereocenters. The van der Waals surface area contributed by atoms with E-state index in [1.807, 2.05) is 12.1 Å². The minimum Gasteiger partial charge on any atom is -0.309 e. The number of hydrogen-bond donors (Lipinski definition) is 0. The summed E-state index contributed by atoms with van der Waals surface area (Å²) in [5.74, 6) is -0.256. The molecule has 0 saturated heterocycles. The number of para-hydroxylation sites is 5. The maximum atomic E-state index is 15.8. The van der Waals surface area contributed by atoms with Gasteiger partial charge < -0.3 is 13.7 Å². The standard InChI is InChI=1S/C42H26FN3/c43-33-19-9-12-22-36(33)46-37-25-23-31-29-17-7-10-20-34(29)44(27-13-3-1-4-14-27)41(31)39(37)40-38(46)26-24-32-30-18-8-11-21-35(30)45(42(32)40)28-15-5-2-6-16-28/h1-26H. The molecule has 7 aromatic carbocycles. The van der Waals surface area contributed by atoms with Crippen molar-refractivity contribution < 1.29 is 4.39 Å². The van der Waals surface area contributed by atoms with E-state index in [0.717, 1.165) is 55.2 Å². The van der Waals surface area contributed by atoms with Crippen LogP contribution in [0.5, 0.6) is 0 Å². The van der Waals surface area contributed by atoms with Crippen LogP contribution in [0.1, 0.15) is 0 Å². The van der Waals surface area contributed by atoms with Gasteiger partial charge in [0.2, 0.25) is 0 Å². The highest BCUT2D eigenvalue weighted by atomic mass is 19.1.